The molecule has 0 radical (unpaired) electrons. The van der Waals surface area contributed by atoms with E-state index < -0.39 is 6.10 Å². The monoisotopic (exact) mass is 521 g/mol. The number of hydrogen-bond donors (Lipinski definition) is 0. The lowest BCUT2D eigenvalue weighted by Gasteiger charge is -2.15. The van der Waals surface area contributed by atoms with Crippen molar-refractivity contribution in [3.8, 4) is 27.4 Å². The zero-order chi connectivity index (χ0) is 25.5. The van der Waals surface area contributed by atoms with Gasteiger partial charge in [-0.05, 0) is 62.6 Å². The molecule has 7 heteroatoms. The van der Waals surface area contributed by atoms with Crippen LogP contribution in [0.2, 0.25) is 0 Å². The second kappa shape index (κ2) is 12.3. The molecule has 1 unspecified atom stereocenters. The van der Waals surface area contributed by atoms with E-state index >= 15 is 0 Å². The van der Waals surface area contributed by atoms with Gasteiger partial charge in [0.05, 0.1) is 17.3 Å². The Hall–Kier alpha value is -3.00. The van der Waals surface area contributed by atoms with Crippen molar-refractivity contribution in [1.29, 1.82) is 0 Å². The minimum atomic E-state index is -0.589. The summed E-state index contributed by atoms with van der Waals surface area (Å²) >= 11 is 3.43. The van der Waals surface area contributed by atoms with Crippen LogP contribution in [0.1, 0.15) is 34.9 Å². The molecule has 1 atom stereocenters. The molecule has 2 aromatic carbocycles. The van der Waals surface area contributed by atoms with Crippen LogP contribution in [0.5, 0.6) is 5.75 Å². The fourth-order valence-electron chi connectivity index (χ4n) is 3.84. The molecular formula is C29H31NO4S2. The summed E-state index contributed by atoms with van der Waals surface area (Å²) in [4.78, 5) is 19.1. The number of ether oxygens (including phenoxy) is 3. The van der Waals surface area contributed by atoms with Crippen molar-refractivity contribution in [2.24, 2.45) is 0 Å². The van der Waals surface area contributed by atoms with Crippen molar-refractivity contribution in [2.45, 2.75) is 46.8 Å². The van der Waals surface area contributed by atoms with Gasteiger partial charge in [-0.25, -0.2) is 9.78 Å². The maximum absolute atomic E-state index is 12.1. The molecule has 0 aliphatic carbocycles. The highest BCUT2D eigenvalue weighted by molar-refractivity contribution is 7.15. The van der Waals surface area contributed by atoms with Gasteiger partial charge in [-0.15, -0.1) is 22.7 Å². The minimum Gasteiger partial charge on any atom is -0.488 e. The summed E-state index contributed by atoms with van der Waals surface area (Å²) in [5.74, 6) is 0.469. The number of aryl methyl sites for hydroxylation is 2. The van der Waals surface area contributed by atoms with Gasteiger partial charge in [0, 0.05) is 33.7 Å². The molecule has 4 aromatic rings. The van der Waals surface area contributed by atoms with Crippen molar-refractivity contribution in [3.63, 3.8) is 0 Å². The number of nitrogens with zero attached hydrogens (tertiary/aromatic N) is 1. The van der Waals surface area contributed by atoms with Crippen molar-refractivity contribution < 1.29 is 19.0 Å². The second-order valence-electron chi connectivity index (χ2n) is 8.38. The first kappa shape index (κ1) is 26.1. The van der Waals surface area contributed by atoms with Gasteiger partial charge in [0.15, 0.2) is 6.10 Å². The van der Waals surface area contributed by atoms with Crippen molar-refractivity contribution >= 4 is 28.6 Å². The van der Waals surface area contributed by atoms with Gasteiger partial charge >= 0.3 is 5.97 Å². The number of benzene rings is 2. The third kappa shape index (κ3) is 6.60. The Morgan fingerprint density at radius 1 is 0.972 bits per heavy atom. The molecule has 0 bridgehead atoms. The summed E-state index contributed by atoms with van der Waals surface area (Å²) in [7, 11) is 0. The van der Waals surface area contributed by atoms with Gasteiger partial charge in [0.25, 0.3) is 0 Å². The zero-order valence-electron chi connectivity index (χ0n) is 21.1. The number of aromatic nitrogens is 1. The molecule has 0 saturated carbocycles. The molecular weight excluding hydrogens is 490 g/mol. The van der Waals surface area contributed by atoms with Crippen molar-refractivity contribution in [1.82, 2.24) is 4.98 Å². The average Bonchev–Trinajstić information content (AvgIpc) is 3.49. The van der Waals surface area contributed by atoms with Gasteiger partial charge in [0.1, 0.15) is 12.4 Å². The lowest BCUT2D eigenvalue weighted by Crippen LogP contribution is -2.28. The van der Waals surface area contributed by atoms with E-state index in [4.69, 9.17) is 14.2 Å². The smallest absolute Gasteiger partial charge is 0.335 e. The van der Waals surface area contributed by atoms with E-state index in [1.54, 1.807) is 29.6 Å². The average molecular weight is 522 g/mol. The van der Waals surface area contributed by atoms with E-state index in [1.807, 2.05) is 38.1 Å². The topological polar surface area (TPSA) is 57.7 Å². The quantitative estimate of drug-likeness (QED) is 0.195. The normalized spacial score (nSPS) is 11.9. The number of carbonyl (C=O) groups is 1. The predicted molar refractivity (Wildman–Crippen MR) is 147 cm³/mol. The predicted octanol–water partition coefficient (Wildman–Crippen LogP) is 7.25. The van der Waals surface area contributed by atoms with Crippen LogP contribution in [0.3, 0.4) is 0 Å². The van der Waals surface area contributed by atoms with Crippen LogP contribution >= 0.6 is 22.7 Å². The summed E-state index contributed by atoms with van der Waals surface area (Å²) in [5, 5.41) is 3.17. The molecule has 0 spiro atoms. The Bertz CT molecular complexity index is 1280. The minimum absolute atomic E-state index is 0.323. The lowest BCUT2D eigenvalue weighted by molar-refractivity contribution is -0.156. The van der Waals surface area contributed by atoms with E-state index in [0.717, 1.165) is 27.6 Å². The van der Waals surface area contributed by atoms with Crippen LogP contribution in [0.15, 0.2) is 60.0 Å². The third-order valence-electron chi connectivity index (χ3n) is 5.74. The summed E-state index contributed by atoms with van der Waals surface area (Å²) in [6, 6.07) is 18.6. The highest BCUT2D eigenvalue weighted by Crippen LogP contribution is 2.33. The molecule has 2 heterocycles. The highest BCUT2D eigenvalue weighted by Gasteiger charge is 2.20. The first-order chi connectivity index (χ1) is 17.5. The molecule has 5 nitrogen and oxygen atoms in total. The van der Waals surface area contributed by atoms with Crippen LogP contribution in [0.4, 0.5) is 0 Å². The number of carbonyl (C=O) groups excluding carboxylic acids is 1. The standard InChI is InChI=1S/C29H31NO4S2/c1-5-32-26(29(31)33-6-2)16-21-7-13-24(14-8-21)34-17-28-19(3)15-27(36-28)23-11-9-22(10-12-23)25-18-35-20(4)30-25/h7-15,18,26H,5-6,16-17H2,1-4H3. The van der Waals surface area contributed by atoms with Crippen LogP contribution in [0, 0.1) is 13.8 Å². The van der Waals surface area contributed by atoms with E-state index in [2.05, 4.69) is 47.6 Å². The summed E-state index contributed by atoms with van der Waals surface area (Å²) in [5.41, 5.74) is 5.58. The van der Waals surface area contributed by atoms with E-state index in [0.29, 0.717) is 26.2 Å². The van der Waals surface area contributed by atoms with Crippen molar-refractivity contribution in [2.75, 3.05) is 13.2 Å². The Balaban J connectivity index is 1.36. The number of thiazole rings is 1. The molecule has 0 amide bonds. The van der Waals surface area contributed by atoms with Crippen LogP contribution < -0.4 is 4.74 Å². The molecule has 4 rings (SSSR count). The lowest BCUT2D eigenvalue weighted by atomic mass is 10.1. The van der Waals surface area contributed by atoms with Gasteiger partial charge < -0.3 is 14.2 Å². The Morgan fingerprint density at radius 3 is 2.33 bits per heavy atom. The summed E-state index contributed by atoms with van der Waals surface area (Å²) < 4.78 is 16.8. The van der Waals surface area contributed by atoms with E-state index in [9.17, 15) is 4.79 Å². The first-order valence-electron chi connectivity index (χ1n) is 12.1. The number of thiophene rings is 1. The van der Waals surface area contributed by atoms with Gasteiger partial charge in [-0.2, -0.15) is 0 Å². The first-order valence-corrected chi connectivity index (χ1v) is 13.8. The van der Waals surface area contributed by atoms with Gasteiger partial charge in [0.2, 0.25) is 0 Å². The summed E-state index contributed by atoms with van der Waals surface area (Å²) in [6.45, 7) is 9.14. The molecule has 36 heavy (non-hydrogen) atoms. The second-order valence-corrected chi connectivity index (χ2v) is 10.6. The van der Waals surface area contributed by atoms with E-state index in [1.165, 1.54) is 20.9 Å². The molecule has 0 aliphatic rings. The maximum Gasteiger partial charge on any atom is 0.335 e. The molecule has 0 saturated heterocycles. The fourth-order valence-corrected chi connectivity index (χ4v) is 5.55. The fraction of sp³-hybridized carbons (Fsp3) is 0.310. The Morgan fingerprint density at radius 2 is 1.69 bits per heavy atom. The van der Waals surface area contributed by atoms with Crippen LogP contribution in [-0.2, 0) is 27.3 Å². The Labute approximate surface area is 220 Å². The molecule has 0 N–H and O–H groups in total. The van der Waals surface area contributed by atoms with E-state index in [-0.39, 0.29) is 5.97 Å². The third-order valence-corrected chi connectivity index (χ3v) is 7.77. The number of esters is 1. The maximum atomic E-state index is 12.1. The van der Waals surface area contributed by atoms with Crippen LogP contribution in [-0.4, -0.2) is 30.3 Å². The highest BCUT2D eigenvalue weighted by atomic mass is 32.1. The SMILES string of the molecule is CCOC(=O)C(Cc1ccc(OCc2sc(-c3ccc(-c4csc(C)n4)cc3)cc2C)cc1)OCC. The largest absolute Gasteiger partial charge is 0.488 e. The molecule has 0 aliphatic heterocycles. The van der Waals surface area contributed by atoms with Crippen LogP contribution in [0.25, 0.3) is 21.7 Å². The van der Waals surface area contributed by atoms with Crippen molar-refractivity contribution in [3.05, 3.63) is 81.0 Å². The molecule has 0 fully saturated rings. The Kier molecular flexibility index (Phi) is 8.91. The van der Waals surface area contributed by atoms with Gasteiger partial charge in [-0.1, -0.05) is 36.4 Å². The number of hydrogen-bond acceptors (Lipinski definition) is 7. The zero-order valence-corrected chi connectivity index (χ0v) is 22.7. The number of rotatable bonds is 11. The summed E-state index contributed by atoms with van der Waals surface area (Å²) in [6.07, 6.45) is -0.116. The molecule has 2 aromatic heterocycles. The van der Waals surface area contributed by atoms with Gasteiger partial charge in [-0.3, -0.25) is 0 Å². The molecule has 188 valence electrons.